The summed E-state index contributed by atoms with van der Waals surface area (Å²) in [6.07, 6.45) is -11.5. The number of carbonyl (C=O) groups excluding carboxylic acids is 9. The number of hydrogen-bond acceptors (Lipinski definition) is 23. The fraction of sp³-hybridized carbons (Fsp3) is 0.676. The molecule has 13 rings (SSSR count). The topological polar surface area (TPSA) is 345 Å². The van der Waals surface area contributed by atoms with Crippen LogP contribution in [0.1, 0.15) is 280 Å². The second-order valence-electron chi connectivity index (χ2n) is 41.2. The van der Waals surface area contributed by atoms with Crippen molar-refractivity contribution in [2.75, 3.05) is 13.2 Å². The van der Waals surface area contributed by atoms with Crippen LogP contribution in [0.5, 0.6) is 0 Å². The molecule has 8 aliphatic carbocycles. The minimum Gasteiger partial charge on any atom is -0.743 e. The first-order chi connectivity index (χ1) is 62.9. The van der Waals surface area contributed by atoms with Crippen molar-refractivity contribution in [2.45, 2.75) is 365 Å². The molecule has 0 amide bonds. The van der Waals surface area contributed by atoms with E-state index in [0.29, 0.717) is 43.9 Å². The fourth-order valence-electron chi connectivity index (χ4n) is 17.3. The molecule has 138 heavy (non-hydrogen) atoms. The summed E-state index contributed by atoms with van der Waals surface area (Å²) in [6, 6.07) is 42.0. The molecule has 1 aliphatic heterocycles. The number of aliphatic hydroxyl groups is 3. The highest BCUT2D eigenvalue weighted by Crippen LogP contribution is 2.61. The number of ether oxygens (including phenoxy) is 8. The molecule has 13 unspecified atom stereocenters. The van der Waals surface area contributed by atoms with Gasteiger partial charge in [-0.25, -0.2) is 13.2 Å². The van der Waals surface area contributed by atoms with Gasteiger partial charge in [0.25, 0.3) is 5.60 Å². The molecule has 4 aromatic carbocycles. The van der Waals surface area contributed by atoms with Crippen LogP contribution in [-0.4, -0.2) is 166 Å². The van der Waals surface area contributed by atoms with Gasteiger partial charge in [0.1, 0.15) is 29.5 Å². The highest BCUT2D eigenvalue weighted by molar-refractivity contribution is 7.97. The summed E-state index contributed by atoms with van der Waals surface area (Å²) < 4.78 is 217. The first kappa shape index (κ1) is 120. The third-order valence-corrected chi connectivity index (χ3v) is 31.3. The average Bonchev–Trinajstić information content (AvgIpc) is 1.50. The first-order valence-electron chi connectivity index (χ1n) is 46.8. The molecule has 0 aromatic heterocycles. The molecule has 3 N–H and O–H groups in total. The van der Waals surface area contributed by atoms with Crippen molar-refractivity contribution in [3.8, 4) is 0 Å². The summed E-state index contributed by atoms with van der Waals surface area (Å²) in [7, 11) is -5.83. The van der Waals surface area contributed by atoms with Crippen LogP contribution in [0.4, 0.5) is 48.3 Å². The van der Waals surface area contributed by atoms with Gasteiger partial charge in [-0.15, -0.1) is 0 Å². The molecule has 9 fully saturated rings. The second kappa shape index (κ2) is 47.7. The number of Topliss-reactive ketones (excluding diaryl/α,β-unsaturated/α-hetero) is 1. The number of alkyl halides is 11. The van der Waals surface area contributed by atoms with E-state index in [1.165, 1.54) is 48.8 Å². The van der Waals surface area contributed by atoms with E-state index in [4.69, 9.17) is 33.2 Å². The number of benzene rings is 4. The van der Waals surface area contributed by atoms with Crippen molar-refractivity contribution >= 4 is 74.6 Å². The minimum absolute atomic E-state index is 0. The number of fused-ring (bicyclic) bond motifs is 1. The lowest BCUT2D eigenvalue weighted by atomic mass is 9.52. The maximum atomic E-state index is 13.3. The van der Waals surface area contributed by atoms with E-state index in [9.17, 15) is 120 Å². The van der Waals surface area contributed by atoms with E-state index >= 15 is 0 Å². The Labute approximate surface area is 807 Å². The molecule has 13 atom stereocenters. The van der Waals surface area contributed by atoms with E-state index < -0.39 is 157 Å². The van der Waals surface area contributed by atoms with Crippen molar-refractivity contribution in [2.24, 2.45) is 74.4 Å². The fourth-order valence-corrected chi connectivity index (χ4v) is 19.6. The Bertz CT molecular complexity index is 4670. The maximum Gasteiger partial charge on any atom is 0.426 e. The van der Waals surface area contributed by atoms with Crippen LogP contribution in [0.15, 0.2) is 136 Å². The predicted molar refractivity (Wildman–Crippen MR) is 491 cm³/mol. The Balaban J connectivity index is 0.000000288. The number of carbonyl (C=O) groups is 9. The van der Waals surface area contributed by atoms with Gasteiger partial charge in [-0.2, -0.15) is 48.3 Å². The Morgan fingerprint density at radius 1 is 0.529 bits per heavy atom. The number of ketones is 1. The second-order valence-corrected chi connectivity index (χ2v) is 44.7. The summed E-state index contributed by atoms with van der Waals surface area (Å²) >= 11 is 0. The van der Waals surface area contributed by atoms with E-state index in [2.05, 4.69) is 95.7 Å². The van der Waals surface area contributed by atoms with Crippen LogP contribution < -0.4 is 0 Å². The summed E-state index contributed by atoms with van der Waals surface area (Å²) in [6.45, 7) is 31.6. The molecule has 0 spiro atoms. The SMILES string of the molecule is C.CCC(C)(C)C(=O)OC(C)(C)c1ccccc1.CCC(C)(C)C(=O)OC1CC(C(C)(O)C(F)(F)F)CC(C(O)(C(F)(F)F)C(F)(F)F)C1.CCC(C)(C)C(=O)OC1CCCC1=O.CCC(C)(C)C(=O)OCC(=O)OC1C2CC3C(=O)OC1C3C2.CCC(C)(C)C(=O)OCC(F)(F)S(=O)(=O)[O-].CCC(C)C(=O)OC12CC3CC(CC(O)(C3)C1)C2.c1ccc([S+](c2ccccc2)c2ccccc2)cc1. The molecule has 6 bridgehead atoms. The summed E-state index contributed by atoms with van der Waals surface area (Å²) in [5.41, 5.74) is -13.2. The van der Waals surface area contributed by atoms with Gasteiger partial charge in [-0.1, -0.05) is 141 Å². The molecule has 9 aliphatic rings. The lowest BCUT2D eigenvalue weighted by molar-refractivity contribution is -0.391. The van der Waals surface area contributed by atoms with Crippen LogP contribution >= 0.6 is 0 Å². The van der Waals surface area contributed by atoms with Gasteiger partial charge in [0, 0.05) is 36.5 Å². The van der Waals surface area contributed by atoms with Crippen molar-refractivity contribution in [1.29, 1.82) is 0 Å². The van der Waals surface area contributed by atoms with E-state index in [-0.39, 0.29) is 109 Å². The van der Waals surface area contributed by atoms with Crippen LogP contribution in [0.2, 0.25) is 0 Å². The van der Waals surface area contributed by atoms with Gasteiger partial charge >= 0.3 is 71.5 Å². The van der Waals surface area contributed by atoms with Crippen molar-refractivity contribution in [3.63, 3.8) is 0 Å². The molecular weight excluding hydrogens is 1870 g/mol. The zero-order valence-corrected chi connectivity index (χ0v) is 83.6. The highest BCUT2D eigenvalue weighted by Gasteiger charge is 2.75. The largest absolute Gasteiger partial charge is 0.743 e. The molecule has 1 heterocycles. The average molecular weight is 2010 g/mol. The van der Waals surface area contributed by atoms with Crippen molar-refractivity contribution in [3.05, 3.63) is 127 Å². The van der Waals surface area contributed by atoms with Crippen LogP contribution in [0.3, 0.4) is 0 Å². The summed E-state index contributed by atoms with van der Waals surface area (Å²) in [5, 5.41) is 25.6. The zero-order chi connectivity index (χ0) is 104. The summed E-state index contributed by atoms with van der Waals surface area (Å²) in [4.78, 5) is 110. The Hall–Kier alpha value is -8.32. The van der Waals surface area contributed by atoms with Gasteiger partial charge in [-0.05, 0) is 259 Å². The van der Waals surface area contributed by atoms with Gasteiger partial charge in [0.05, 0.1) is 55.4 Å². The molecular formula is C102H143F11O23S2. The Morgan fingerprint density at radius 3 is 1.36 bits per heavy atom. The molecule has 8 saturated carbocycles. The first-order valence-corrected chi connectivity index (χ1v) is 49.4. The minimum atomic E-state index is -6.28. The van der Waals surface area contributed by atoms with Crippen LogP contribution in [-0.2, 0) is 108 Å². The van der Waals surface area contributed by atoms with Gasteiger partial charge < -0.3 is 57.8 Å². The quantitative estimate of drug-likeness (QED) is 0.0156. The molecule has 23 nitrogen and oxygen atoms in total. The predicted octanol–water partition coefficient (Wildman–Crippen LogP) is 21.5. The lowest BCUT2D eigenvalue weighted by Gasteiger charge is -2.59. The van der Waals surface area contributed by atoms with E-state index in [1.54, 1.807) is 27.7 Å². The molecule has 778 valence electrons. The van der Waals surface area contributed by atoms with E-state index in [0.717, 1.165) is 69.8 Å². The normalized spacial score (nSPS) is 24.5. The van der Waals surface area contributed by atoms with Crippen LogP contribution in [0.25, 0.3) is 0 Å². The van der Waals surface area contributed by atoms with Gasteiger partial charge in [0.2, 0.25) is 0 Å². The lowest BCUT2D eigenvalue weighted by Crippen LogP contribution is -2.64. The van der Waals surface area contributed by atoms with Crippen molar-refractivity contribution < 1.29 is 158 Å². The van der Waals surface area contributed by atoms with Gasteiger partial charge in [0.15, 0.2) is 55.5 Å². The van der Waals surface area contributed by atoms with Crippen LogP contribution in [0, 0.1) is 74.4 Å². The monoisotopic (exact) mass is 2010 g/mol. The zero-order valence-electron chi connectivity index (χ0n) is 82.0. The van der Waals surface area contributed by atoms with Crippen molar-refractivity contribution in [1.82, 2.24) is 0 Å². The summed E-state index contributed by atoms with van der Waals surface area (Å²) in [5.74, 6) is -7.09. The van der Waals surface area contributed by atoms with Gasteiger partial charge in [-0.3, -0.25) is 38.4 Å². The standard InChI is InChI=1S/C18H25F9O4.C18H15S.C16H22O6.C15H24O3.C15H22O2.C11H18O3.C8H14F2O5S.CH4/c1-5-13(2,3)12(28)31-11-7-9(14(4,29)16(19,20)21)6-10(8-11)15(30,17(22,23)24)18(25,26)27;1-4-10-16(11-5-1)19(17-12-6-2-7-13-17)18-14-8-3-9-15-18;1-4-16(2,3)15(19)20-7-11(17)21-12-8-5-9-10(6-8)14(18)22-13(9)12;1-3-10(2)13(16)18-15-7-11-4-12(8-15)6-14(17,5-11)9-15;1-6-14(2,3)13(16)17-15(4,5)12-10-8-7-9-11-12;1-4-11(2,3)10(13)14-9-7-5-6-8(9)12;1-4-7(2,3)6(11)15-5-8(9,10)16(12,13)14;/h9-11,29-30H,5-8H2,1-4H3;1-15H;8-10,12-13H,4-7H2,1-3H3;10-12,17H,3-9H2,1-2H3;7-11H,6H2,1-5H3;9H,4-7H2,1-3H3;4-5H2,1-3H3,(H,12,13,14);1H4/q;+1;;;;;;/p-1. The smallest absolute Gasteiger partial charge is 0.426 e. The number of rotatable bonds is 28. The molecule has 4 aromatic rings. The maximum absolute atomic E-state index is 13.3. The third kappa shape index (κ3) is 30.9. The highest BCUT2D eigenvalue weighted by atomic mass is 32.2. The molecule has 1 saturated heterocycles. The number of hydrogen-bond donors (Lipinski definition) is 3. The Morgan fingerprint density at radius 2 is 0.949 bits per heavy atom. The molecule has 36 heteroatoms. The number of esters is 8. The third-order valence-electron chi connectivity index (χ3n) is 28.2. The van der Waals surface area contributed by atoms with E-state index in [1.807, 2.05) is 106 Å². The Kier molecular flexibility index (Phi) is 41.5. The number of halogens is 11. The molecule has 0 radical (unpaired) electrons.